The number of piperidine rings is 3. The Hall–Kier alpha value is -1.67. The zero-order chi connectivity index (χ0) is 15.8. The molecule has 1 aromatic rings. The molecule has 4 rings (SSSR count). The molecule has 120 valence electrons. The third-order valence-electron chi connectivity index (χ3n) is 4.52. The van der Waals surface area contributed by atoms with E-state index in [9.17, 15) is 17.6 Å². The summed E-state index contributed by atoms with van der Waals surface area (Å²) in [6.07, 6.45) is 2.06. The zero-order valence-corrected chi connectivity index (χ0v) is 12.8. The first-order valence-electron chi connectivity index (χ1n) is 7.22. The lowest BCUT2D eigenvalue weighted by molar-refractivity contribution is -0.136. The highest BCUT2D eigenvalue weighted by Crippen LogP contribution is 2.40. The fourth-order valence-electron chi connectivity index (χ4n) is 3.10. The lowest BCUT2D eigenvalue weighted by Crippen LogP contribution is -2.56. The van der Waals surface area contributed by atoms with Crippen molar-refractivity contribution in [3.05, 3.63) is 30.1 Å². The number of nitrogens with one attached hydrogen (secondary N) is 2. The van der Waals surface area contributed by atoms with E-state index in [1.165, 1.54) is 12.1 Å². The predicted molar refractivity (Wildman–Crippen MR) is 79.8 cm³/mol. The van der Waals surface area contributed by atoms with Crippen LogP contribution in [0.3, 0.4) is 0 Å². The highest BCUT2D eigenvalue weighted by molar-refractivity contribution is 7.91. The summed E-state index contributed by atoms with van der Waals surface area (Å²) < 4.78 is 41.3. The summed E-state index contributed by atoms with van der Waals surface area (Å²) in [4.78, 5) is 14.7. The van der Waals surface area contributed by atoms with Crippen molar-refractivity contribution in [2.24, 2.45) is 5.41 Å². The summed E-state index contributed by atoms with van der Waals surface area (Å²) in [6, 6.07) is 4.90. The number of carbonyl (C=O) groups is 1. The minimum Gasteiger partial charge on any atom is -0.303 e. The van der Waals surface area contributed by atoms with Gasteiger partial charge in [0.05, 0.1) is 11.1 Å². The number of rotatable bonds is 4. The van der Waals surface area contributed by atoms with E-state index in [0.29, 0.717) is 19.3 Å². The lowest BCUT2D eigenvalue weighted by atomic mass is 9.71. The molecule has 0 atom stereocenters. The number of anilines is 1. The molecule has 1 amide bonds. The van der Waals surface area contributed by atoms with Gasteiger partial charge in [-0.25, -0.2) is 9.11 Å². The van der Waals surface area contributed by atoms with Gasteiger partial charge in [-0.15, -0.1) is 0 Å². The standard InChI is InChI=1S/C14H18FN3O3S/c15-11-1-3-12(4-2-11)16-22(20,21)17-13(19)14-5-8-18(9-6-14)10-7-14/h1-4,16H,5-10H2,(H,17,19). The van der Waals surface area contributed by atoms with Crippen LogP contribution in [-0.2, 0) is 15.0 Å². The van der Waals surface area contributed by atoms with Gasteiger partial charge in [-0.2, -0.15) is 8.42 Å². The fraction of sp³-hybridized carbons (Fsp3) is 0.500. The molecule has 8 heteroatoms. The number of fused-ring (bicyclic) bond motifs is 3. The molecule has 0 unspecified atom stereocenters. The van der Waals surface area contributed by atoms with E-state index in [1.54, 1.807) is 0 Å². The first-order chi connectivity index (χ1) is 10.4. The molecule has 0 radical (unpaired) electrons. The molecule has 3 saturated heterocycles. The topological polar surface area (TPSA) is 78.5 Å². The zero-order valence-electron chi connectivity index (χ0n) is 12.0. The smallest absolute Gasteiger partial charge is 0.303 e. The van der Waals surface area contributed by atoms with Crippen molar-refractivity contribution in [2.75, 3.05) is 24.4 Å². The summed E-state index contributed by atoms with van der Waals surface area (Å²) in [6.45, 7) is 2.50. The third-order valence-corrected chi connectivity index (χ3v) is 5.48. The molecular weight excluding hydrogens is 309 g/mol. The number of halogens is 1. The van der Waals surface area contributed by atoms with Crippen molar-refractivity contribution in [3.63, 3.8) is 0 Å². The average Bonchev–Trinajstić information content (AvgIpc) is 2.51. The third kappa shape index (κ3) is 3.07. The van der Waals surface area contributed by atoms with Gasteiger partial charge in [0.15, 0.2) is 0 Å². The highest BCUT2D eigenvalue weighted by Gasteiger charge is 2.46. The van der Waals surface area contributed by atoms with E-state index in [1.807, 2.05) is 0 Å². The van der Waals surface area contributed by atoms with Gasteiger partial charge in [0, 0.05) is 0 Å². The molecule has 2 bridgehead atoms. The Bertz CT molecular complexity index is 653. The molecule has 3 aliphatic rings. The molecule has 3 aliphatic heterocycles. The molecule has 0 saturated carbocycles. The van der Waals surface area contributed by atoms with Crippen molar-refractivity contribution >= 4 is 21.8 Å². The number of nitrogens with zero attached hydrogens (tertiary/aromatic N) is 1. The second kappa shape index (κ2) is 5.51. The predicted octanol–water partition coefficient (Wildman–Crippen LogP) is 1.08. The molecule has 0 aliphatic carbocycles. The van der Waals surface area contributed by atoms with Crippen molar-refractivity contribution in [1.82, 2.24) is 9.62 Å². The van der Waals surface area contributed by atoms with Gasteiger partial charge in [0.2, 0.25) is 5.91 Å². The van der Waals surface area contributed by atoms with Crippen molar-refractivity contribution in [3.8, 4) is 0 Å². The number of amides is 1. The molecule has 3 heterocycles. The summed E-state index contributed by atoms with van der Waals surface area (Å²) in [5, 5.41) is 0. The van der Waals surface area contributed by atoms with E-state index < -0.39 is 27.3 Å². The number of hydrogen-bond acceptors (Lipinski definition) is 4. The van der Waals surface area contributed by atoms with Gasteiger partial charge in [-0.05, 0) is 63.2 Å². The van der Waals surface area contributed by atoms with Gasteiger partial charge >= 0.3 is 10.2 Å². The minimum absolute atomic E-state index is 0.206. The van der Waals surface area contributed by atoms with Crippen LogP contribution in [0.5, 0.6) is 0 Å². The van der Waals surface area contributed by atoms with Crippen molar-refractivity contribution < 1.29 is 17.6 Å². The second-order valence-electron chi connectivity index (χ2n) is 5.92. The normalized spacial score (nSPS) is 27.4. The Morgan fingerprint density at radius 3 is 2.18 bits per heavy atom. The maximum absolute atomic E-state index is 12.8. The fourth-order valence-corrected chi connectivity index (χ4v) is 4.05. The second-order valence-corrected chi connectivity index (χ2v) is 7.33. The Balaban J connectivity index is 1.68. The van der Waals surface area contributed by atoms with Gasteiger partial charge in [-0.3, -0.25) is 9.52 Å². The molecule has 0 aromatic heterocycles. The van der Waals surface area contributed by atoms with E-state index >= 15 is 0 Å². The molecular formula is C14H18FN3O3S. The molecule has 22 heavy (non-hydrogen) atoms. The van der Waals surface area contributed by atoms with Crippen molar-refractivity contribution in [2.45, 2.75) is 19.3 Å². The first-order valence-corrected chi connectivity index (χ1v) is 8.70. The van der Waals surface area contributed by atoms with Crippen LogP contribution >= 0.6 is 0 Å². The van der Waals surface area contributed by atoms with Crippen LogP contribution in [0.25, 0.3) is 0 Å². The lowest BCUT2D eigenvalue weighted by Gasteiger charge is -2.46. The summed E-state index contributed by atoms with van der Waals surface area (Å²) in [5.41, 5.74) is -0.371. The van der Waals surface area contributed by atoms with Crippen molar-refractivity contribution in [1.29, 1.82) is 0 Å². The highest BCUT2D eigenvalue weighted by atomic mass is 32.2. The largest absolute Gasteiger partial charge is 0.323 e. The quantitative estimate of drug-likeness (QED) is 0.867. The van der Waals surface area contributed by atoms with Gasteiger partial charge in [0.25, 0.3) is 0 Å². The van der Waals surface area contributed by atoms with Crippen LogP contribution in [-0.4, -0.2) is 38.9 Å². The molecule has 3 fully saturated rings. The van der Waals surface area contributed by atoms with Crippen LogP contribution in [0.2, 0.25) is 0 Å². The maximum Gasteiger partial charge on any atom is 0.323 e. The summed E-state index contributed by atoms with van der Waals surface area (Å²) in [7, 11) is -4.01. The Kier molecular flexibility index (Phi) is 3.82. The Labute approximate surface area is 128 Å². The summed E-state index contributed by atoms with van der Waals surface area (Å²) >= 11 is 0. The van der Waals surface area contributed by atoms with E-state index in [0.717, 1.165) is 31.8 Å². The number of benzene rings is 1. The van der Waals surface area contributed by atoms with Crippen LogP contribution in [0.15, 0.2) is 24.3 Å². The van der Waals surface area contributed by atoms with Crippen LogP contribution in [0, 0.1) is 11.2 Å². The maximum atomic E-state index is 12.8. The molecule has 1 aromatic carbocycles. The number of hydrogen-bond donors (Lipinski definition) is 2. The van der Waals surface area contributed by atoms with Gasteiger partial charge in [-0.1, -0.05) is 0 Å². The van der Waals surface area contributed by atoms with E-state index in [-0.39, 0.29) is 5.69 Å². The van der Waals surface area contributed by atoms with Gasteiger partial charge < -0.3 is 4.90 Å². The Morgan fingerprint density at radius 2 is 1.64 bits per heavy atom. The molecule has 2 N–H and O–H groups in total. The minimum atomic E-state index is -4.01. The van der Waals surface area contributed by atoms with E-state index in [2.05, 4.69) is 14.3 Å². The monoisotopic (exact) mass is 327 g/mol. The Morgan fingerprint density at radius 1 is 1.09 bits per heavy atom. The van der Waals surface area contributed by atoms with E-state index in [4.69, 9.17) is 0 Å². The first kappa shape index (κ1) is 15.2. The average molecular weight is 327 g/mol. The summed E-state index contributed by atoms with van der Waals surface area (Å²) in [5.74, 6) is -0.902. The van der Waals surface area contributed by atoms with Crippen LogP contribution in [0.1, 0.15) is 19.3 Å². The van der Waals surface area contributed by atoms with Gasteiger partial charge in [0.1, 0.15) is 5.82 Å². The number of carbonyl (C=O) groups excluding carboxylic acids is 1. The molecule has 6 nitrogen and oxygen atoms in total. The van der Waals surface area contributed by atoms with Crippen LogP contribution < -0.4 is 9.44 Å². The van der Waals surface area contributed by atoms with Crippen LogP contribution in [0.4, 0.5) is 10.1 Å². The molecule has 0 spiro atoms. The SMILES string of the molecule is O=C(NS(=O)(=O)Nc1ccc(F)cc1)C12CCN(CC1)CC2.